The number of H-pyrrole nitrogens is 1. The van der Waals surface area contributed by atoms with Gasteiger partial charge >= 0.3 is 11.7 Å². The molecule has 8 nitrogen and oxygen atoms in total. The zero-order valence-electron chi connectivity index (χ0n) is 24.6. The molecular weight excluding hydrogens is 550 g/mol. The predicted octanol–water partition coefficient (Wildman–Crippen LogP) is 6.62. The van der Waals surface area contributed by atoms with Gasteiger partial charge in [0.25, 0.3) is 0 Å². The second-order valence-electron chi connectivity index (χ2n) is 11.2. The molecule has 44 heavy (non-hydrogen) atoms. The average molecular weight is 584 g/mol. The van der Waals surface area contributed by atoms with E-state index in [2.05, 4.69) is 34.1 Å². The minimum absolute atomic E-state index is 0.0241. The molecule has 0 aliphatic carbocycles. The smallest absolute Gasteiger partial charge is 0.338 e. The van der Waals surface area contributed by atoms with Crippen LogP contribution in [0.1, 0.15) is 41.7 Å². The van der Waals surface area contributed by atoms with Crippen molar-refractivity contribution >= 4 is 28.0 Å². The molecule has 2 aromatic heterocycles. The van der Waals surface area contributed by atoms with E-state index in [1.165, 1.54) is 5.56 Å². The first-order valence-corrected chi connectivity index (χ1v) is 15.1. The summed E-state index contributed by atoms with van der Waals surface area (Å²) in [6, 6.07) is 32.0. The van der Waals surface area contributed by atoms with Crippen molar-refractivity contribution in [1.29, 1.82) is 0 Å². The average Bonchev–Trinajstić information content (AvgIpc) is 3.40. The second kappa shape index (κ2) is 11.9. The van der Waals surface area contributed by atoms with Crippen LogP contribution in [0.4, 0.5) is 0 Å². The molecule has 7 rings (SSSR count). The standard InChI is InChI=1S/C36H33N5O3/c1-2-44-35(42)27-16-17-29-31(22-27)38-34(33(37-29)25-8-4-3-5-9-25)26-14-12-24(13-15-26)23-40-20-18-28(19-21-40)41-32-11-7-6-10-30(32)39-36(41)43/h3-17,22,28H,2,18-21,23H2,1H3,(H,39,43). The third-order valence-electron chi connectivity index (χ3n) is 8.40. The van der Waals surface area contributed by atoms with E-state index in [4.69, 9.17) is 14.7 Å². The maximum Gasteiger partial charge on any atom is 0.338 e. The maximum atomic E-state index is 12.7. The maximum absolute atomic E-state index is 12.7. The molecule has 0 spiro atoms. The number of benzene rings is 4. The Hall–Kier alpha value is -5.08. The predicted molar refractivity (Wildman–Crippen MR) is 172 cm³/mol. The minimum Gasteiger partial charge on any atom is -0.462 e. The van der Waals surface area contributed by atoms with E-state index < -0.39 is 0 Å². The molecular formula is C36H33N5O3. The Balaban J connectivity index is 1.12. The monoisotopic (exact) mass is 583 g/mol. The van der Waals surface area contributed by atoms with Gasteiger partial charge in [0, 0.05) is 36.8 Å². The summed E-state index contributed by atoms with van der Waals surface area (Å²) in [5, 5.41) is 0. The highest BCUT2D eigenvalue weighted by atomic mass is 16.5. The van der Waals surface area contributed by atoms with Gasteiger partial charge < -0.3 is 9.72 Å². The van der Waals surface area contributed by atoms with Crippen LogP contribution in [0.3, 0.4) is 0 Å². The lowest BCUT2D eigenvalue weighted by molar-refractivity contribution is 0.0526. The number of piperidine rings is 1. The Labute approximate surface area is 255 Å². The molecule has 8 heteroatoms. The number of likely N-dealkylation sites (tertiary alicyclic amines) is 1. The summed E-state index contributed by atoms with van der Waals surface area (Å²) < 4.78 is 7.14. The third-order valence-corrected chi connectivity index (χ3v) is 8.40. The number of aromatic nitrogens is 4. The van der Waals surface area contributed by atoms with E-state index in [0.717, 1.165) is 71.5 Å². The first kappa shape index (κ1) is 27.7. The minimum atomic E-state index is -0.369. The quantitative estimate of drug-likeness (QED) is 0.212. The second-order valence-corrected chi connectivity index (χ2v) is 11.2. The van der Waals surface area contributed by atoms with Gasteiger partial charge in [0.05, 0.1) is 45.6 Å². The van der Waals surface area contributed by atoms with Crippen molar-refractivity contribution in [3.8, 4) is 22.5 Å². The molecule has 6 aromatic rings. The van der Waals surface area contributed by atoms with Gasteiger partial charge in [-0.25, -0.2) is 19.6 Å². The van der Waals surface area contributed by atoms with Gasteiger partial charge in [-0.3, -0.25) is 9.47 Å². The molecule has 1 saturated heterocycles. The van der Waals surface area contributed by atoms with Gasteiger partial charge in [0.2, 0.25) is 0 Å². The fraction of sp³-hybridized carbons (Fsp3) is 0.222. The molecule has 1 fully saturated rings. The lowest BCUT2D eigenvalue weighted by Crippen LogP contribution is -2.36. The Kier molecular flexibility index (Phi) is 7.50. The van der Waals surface area contributed by atoms with Crippen LogP contribution in [0.5, 0.6) is 0 Å². The number of hydrogen-bond donors (Lipinski definition) is 1. The first-order chi connectivity index (χ1) is 21.6. The molecule has 0 atom stereocenters. The molecule has 1 N–H and O–H groups in total. The van der Waals surface area contributed by atoms with Crippen LogP contribution in [0, 0.1) is 0 Å². The highest BCUT2D eigenvalue weighted by Gasteiger charge is 2.24. The number of nitrogens with zero attached hydrogens (tertiary/aromatic N) is 4. The fourth-order valence-corrected chi connectivity index (χ4v) is 6.19. The summed E-state index contributed by atoms with van der Waals surface area (Å²) in [4.78, 5) is 40.5. The SMILES string of the molecule is CCOC(=O)c1ccc2nc(-c3ccccc3)c(-c3ccc(CN4CCC(n5c(=O)[nH]c6ccccc65)CC4)cc3)nc2c1. The molecule has 0 amide bonds. The van der Waals surface area contributed by atoms with Crippen molar-refractivity contribution in [1.82, 2.24) is 24.4 Å². The van der Waals surface area contributed by atoms with E-state index in [-0.39, 0.29) is 17.7 Å². The van der Waals surface area contributed by atoms with Gasteiger partial charge in [0.1, 0.15) is 0 Å². The van der Waals surface area contributed by atoms with Crippen molar-refractivity contribution < 1.29 is 9.53 Å². The zero-order chi connectivity index (χ0) is 30.0. The van der Waals surface area contributed by atoms with Crippen molar-refractivity contribution in [3.63, 3.8) is 0 Å². The molecule has 0 radical (unpaired) electrons. The molecule has 1 aliphatic heterocycles. The van der Waals surface area contributed by atoms with Gasteiger partial charge in [0.15, 0.2) is 0 Å². The van der Waals surface area contributed by atoms with Crippen LogP contribution in [0.25, 0.3) is 44.6 Å². The van der Waals surface area contributed by atoms with Crippen LogP contribution >= 0.6 is 0 Å². The van der Waals surface area contributed by atoms with E-state index in [1.54, 1.807) is 19.1 Å². The molecule has 0 unspecified atom stereocenters. The number of carbonyl (C=O) groups is 1. The van der Waals surface area contributed by atoms with Crippen LogP contribution in [0.2, 0.25) is 0 Å². The largest absolute Gasteiger partial charge is 0.462 e. The topological polar surface area (TPSA) is 93.1 Å². The summed E-state index contributed by atoms with van der Waals surface area (Å²) >= 11 is 0. The van der Waals surface area contributed by atoms with E-state index in [9.17, 15) is 9.59 Å². The molecule has 1 aliphatic rings. The summed E-state index contributed by atoms with van der Waals surface area (Å²) in [6.45, 7) is 4.80. The molecule has 4 aromatic carbocycles. The van der Waals surface area contributed by atoms with Crippen molar-refractivity contribution in [3.05, 3.63) is 119 Å². The van der Waals surface area contributed by atoms with Crippen LogP contribution in [-0.2, 0) is 11.3 Å². The summed E-state index contributed by atoms with van der Waals surface area (Å²) in [7, 11) is 0. The first-order valence-electron chi connectivity index (χ1n) is 15.1. The van der Waals surface area contributed by atoms with Crippen molar-refractivity contribution in [2.24, 2.45) is 0 Å². The molecule has 3 heterocycles. The Morgan fingerprint density at radius 2 is 1.52 bits per heavy atom. The number of esters is 1. The number of hydrogen-bond acceptors (Lipinski definition) is 6. The zero-order valence-corrected chi connectivity index (χ0v) is 24.6. The molecule has 220 valence electrons. The number of fused-ring (bicyclic) bond motifs is 2. The highest BCUT2D eigenvalue weighted by Crippen LogP contribution is 2.32. The lowest BCUT2D eigenvalue weighted by atomic mass is 10.0. The van der Waals surface area contributed by atoms with Gasteiger partial charge in [-0.2, -0.15) is 0 Å². The number of imidazole rings is 1. The number of nitrogens with one attached hydrogen (secondary N) is 1. The summed E-state index contributed by atoms with van der Waals surface area (Å²) in [6.07, 6.45) is 1.86. The van der Waals surface area contributed by atoms with Crippen LogP contribution < -0.4 is 5.69 Å². The van der Waals surface area contributed by atoms with Gasteiger partial charge in [-0.15, -0.1) is 0 Å². The third kappa shape index (κ3) is 5.40. The molecule has 0 saturated carbocycles. The van der Waals surface area contributed by atoms with Crippen LogP contribution in [0.15, 0.2) is 102 Å². The summed E-state index contributed by atoms with van der Waals surface area (Å²) in [5.74, 6) is -0.369. The van der Waals surface area contributed by atoms with E-state index in [1.807, 2.05) is 65.2 Å². The Morgan fingerprint density at radius 1 is 0.841 bits per heavy atom. The number of para-hydroxylation sites is 2. The fourth-order valence-electron chi connectivity index (χ4n) is 6.19. The van der Waals surface area contributed by atoms with E-state index >= 15 is 0 Å². The lowest BCUT2D eigenvalue weighted by Gasteiger charge is -2.32. The normalized spacial score (nSPS) is 14.3. The summed E-state index contributed by atoms with van der Waals surface area (Å²) in [5.41, 5.74) is 8.39. The van der Waals surface area contributed by atoms with E-state index in [0.29, 0.717) is 17.7 Å². The number of rotatable bonds is 7. The molecule has 0 bridgehead atoms. The van der Waals surface area contributed by atoms with Crippen molar-refractivity contribution in [2.75, 3.05) is 19.7 Å². The van der Waals surface area contributed by atoms with Crippen molar-refractivity contribution in [2.45, 2.75) is 32.4 Å². The number of ether oxygens (including phenoxy) is 1. The Bertz CT molecular complexity index is 2010. The van der Waals surface area contributed by atoms with Gasteiger partial charge in [-0.1, -0.05) is 66.7 Å². The number of aromatic amines is 1. The van der Waals surface area contributed by atoms with Crippen LogP contribution in [-0.4, -0.2) is 50.1 Å². The number of carbonyl (C=O) groups excluding carboxylic acids is 1. The highest BCUT2D eigenvalue weighted by molar-refractivity contribution is 5.95. The Morgan fingerprint density at radius 3 is 2.27 bits per heavy atom. The van der Waals surface area contributed by atoms with Gasteiger partial charge in [-0.05, 0) is 55.7 Å².